The molecule has 0 fully saturated rings. The highest BCUT2D eigenvalue weighted by Crippen LogP contribution is 2.50. The van der Waals surface area contributed by atoms with Gasteiger partial charge in [-0.15, -0.1) is 0 Å². The van der Waals surface area contributed by atoms with Crippen LogP contribution in [0.2, 0.25) is 0 Å². The maximum absolute atomic E-state index is 6.32. The lowest BCUT2D eigenvalue weighted by Gasteiger charge is -2.28. The van der Waals surface area contributed by atoms with Gasteiger partial charge in [0.1, 0.15) is 7.85 Å². The van der Waals surface area contributed by atoms with Crippen molar-refractivity contribution >= 4 is 41.1 Å². The summed E-state index contributed by atoms with van der Waals surface area (Å²) in [5.74, 6) is 0. The van der Waals surface area contributed by atoms with Crippen LogP contribution in [0.15, 0.2) is 158 Å². The molecule has 0 atom stereocenters. The van der Waals surface area contributed by atoms with E-state index in [4.69, 9.17) is 7.85 Å². The maximum Gasteiger partial charge on any atom is 0.114 e. The zero-order valence-electron chi connectivity index (χ0n) is 25.5. The Hall–Kier alpha value is -5.34. The first kappa shape index (κ1) is 27.2. The van der Waals surface area contributed by atoms with Gasteiger partial charge in [0.25, 0.3) is 0 Å². The molecule has 0 saturated carbocycles. The lowest BCUT2D eigenvalue weighted by atomic mass is 9.82. The molecule has 0 unspecified atom stereocenters. The lowest BCUT2D eigenvalue weighted by molar-refractivity contribution is 0.660. The fourth-order valence-electron chi connectivity index (χ4n) is 7.09. The molecule has 0 aromatic heterocycles. The van der Waals surface area contributed by atoms with Crippen LogP contribution in [0.4, 0.5) is 17.1 Å². The van der Waals surface area contributed by atoms with Crippen LogP contribution < -0.4 is 10.4 Å². The number of hydrogen-bond acceptors (Lipinski definition) is 1. The van der Waals surface area contributed by atoms with Gasteiger partial charge in [-0.3, -0.25) is 0 Å². The second-order valence-corrected chi connectivity index (χ2v) is 12.4. The predicted molar refractivity (Wildman–Crippen MR) is 192 cm³/mol. The van der Waals surface area contributed by atoms with E-state index in [2.05, 4.69) is 164 Å². The van der Waals surface area contributed by atoms with Gasteiger partial charge in [-0.2, -0.15) is 0 Å². The Bertz CT molecular complexity index is 2180. The number of fused-ring (bicyclic) bond motifs is 4. The van der Waals surface area contributed by atoms with Crippen LogP contribution in [0.25, 0.3) is 44.2 Å². The molecule has 1 aliphatic rings. The Morgan fingerprint density at radius 3 is 1.73 bits per heavy atom. The van der Waals surface area contributed by atoms with E-state index in [9.17, 15) is 0 Å². The molecule has 0 saturated heterocycles. The Labute approximate surface area is 266 Å². The van der Waals surface area contributed by atoms with Gasteiger partial charge in [-0.25, -0.2) is 0 Å². The molecule has 0 aliphatic heterocycles. The van der Waals surface area contributed by atoms with Crippen molar-refractivity contribution in [1.29, 1.82) is 0 Å². The molecule has 0 heterocycles. The van der Waals surface area contributed by atoms with E-state index in [0.717, 1.165) is 27.9 Å². The number of rotatable bonds is 5. The van der Waals surface area contributed by atoms with Crippen molar-refractivity contribution in [3.05, 3.63) is 169 Å². The molecule has 0 spiro atoms. The van der Waals surface area contributed by atoms with Crippen molar-refractivity contribution in [2.24, 2.45) is 0 Å². The topological polar surface area (TPSA) is 3.24 Å². The van der Waals surface area contributed by atoms with E-state index in [1.54, 1.807) is 0 Å². The smallest absolute Gasteiger partial charge is 0.114 e. The Morgan fingerprint density at radius 2 is 0.978 bits per heavy atom. The molecule has 0 bridgehead atoms. The third-order valence-electron chi connectivity index (χ3n) is 9.45. The fourth-order valence-corrected chi connectivity index (χ4v) is 7.09. The largest absolute Gasteiger partial charge is 0.310 e. The standard InChI is InChI=1S/C43H32BN/c1-43(2)40-16-7-6-12-37(40)38-27-26-34(28-41(38)43)45(32-22-18-30(19-23-32)29-10-4-3-5-11-29)33-24-20-31(21-25-33)35-13-8-15-39-36(35)14-9-17-42(39)44/h3-28H,1-2H3. The van der Waals surface area contributed by atoms with Gasteiger partial charge in [0, 0.05) is 22.5 Å². The van der Waals surface area contributed by atoms with Crippen LogP contribution in [0, 0.1) is 0 Å². The monoisotopic (exact) mass is 573 g/mol. The summed E-state index contributed by atoms with van der Waals surface area (Å²) in [6.07, 6.45) is 0. The summed E-state index contributed by atoms with van der Waals surface area (Å²) in [5.41, 5.74) is 14.3. The summed E-state index contributed by atoms with van der Waals surface area (Å²) < 4.78 is 0. The van der Waals surface area contributed by atoms with Crippen LogP contribution in [0.3, 0.4) is 0 Å². The summed E-state index contributed by atoms with van der Waals surface area (Å²) in [6.45, 7) is 4.68. The van der Waals surface area contributed by atoms with E-state index >= 15 is 0 Å². The van der Waals surface area contributed by atoms with E-state index in [1.165, 1.54) is 49.9 Å². The first-order valence-corrected chi connectivity index (χ1v) is 15.6. The van der Waals surface area contributed by atoms with Crippen LogP contribution in [0.5, 0.6) is 0 Å². The minimum atomic E-state index is -0.0785. The molecular weight excluding hydrogens is 541 g/mol. The maximum atomic E-state index is 6.32. The Morgan fingerprint density at radius 1 is 0.422 bits per heavy atom. The third kappa shape index (κ3) is 4.57. The van der Waals surface area contributed by atoms with Crippen LogP contribution in [0.1, 0.15) is 25.0 Å². The second-order valence-electron chi connectivity index (χ2n) is 12.4. The second kappa shape index (κ2) is 10.7. The average molecular weight is 574 g/mol. The highest BCUT2D eigenvalue weighted by molar-refractivity contribution is 6.39. The first-order valence-electron chi connectivity index (χ1n) is 15.6. The van der Waals surface area contributed by atoms with Crippen LogP contribution in [-0.4, -0.2) is 7.85 Å². The summed E-state index contributed by atoms with van der Waals surface area (Å²) in [6, 6.07) is 56.7. The normalized spacial score (nSPS) is 12.9. The van der Waals surface area contributed by atoms with Gasteiger partial charge in [0.05, 0.1) is 0 Å². The molecular formula is C43H32BN. The summed E-state index contributed by atoms with van der Waals surface area (Å²) in [4.78, 5) is 2.37. The summed E-state index contributed by atoms with van der Waals surface area (Å²) >= 11 is 0. The molecule has 8 rings (SSSR count). The van der Waals surface area contributed by atoms with Crippen molar-refractivity contribution < 1.29 is 0 Å². The lowest BCUT2D eigenvalue weighted by Crippen LogP contribution is -2.16. The first-order chi connectivity index (χ1) is 22.0. The van der Waals surface area contributed by atoms with Gasteiger partial charge < -0.3 is 4.90 Å². The molecule has 1 nitrogen and oxygen atoms in total. The highest BCUT2D eigenvalue weighted by atomic mass is 15.1. The molecule has 0 N–H and O–H groups in total. The van der Waals surface area contributed by atoms with Gasteiger partial charge in [-0.05, 0) is 91.7 Å². The Balaban J connectivity index is 1.25. The van der Waals surface area contributed by atoms with E-state index in [-0.39, 0.29) is 5.41 Å². The SMILES string of the molecule is [B]c1cccc2c(-c3ccc(N(c4ccc(-c5ccccc5)cc4)c4ccc5c(c4)C(C)(C)c4ccccc4-5)cc3)cccc12. The Kier molecular flexibility index (Phi) is 6.46. The van der Waals surface area contributed by atoms with Crippen molar-refractivity contribution in [3.63, 3.8) is 0 Å². The van der Waals surface area contributed by atoms with Crippen molar-refractivity contribution in [1.82, 2.24) is 0 Å². The van der Waals surface area contributed by atoms with E-state index in [1.807, 2.05) is 12.1 Å². The molecule has 1 aliphatic carbocycles. The number of benzene rings is 7. The zero-order valence-corrected chi connectivity index (χ0v) is 25.5. The van der Waals surface area contributed by atoms with Crippen molar-refractivity contribution in [2.45, 2.75) is 19.3 Å². The van der Waals surface area contributed by atoms with Crippen LogP contribution >= 0.6 is 0 Å². The molecule has 0 amide bonds. The molecule has 7 aromatic carbocycles. The minimum Gasteiger partial charge on any atom is -0.310 e. The van der Waals surface area contributed by atoms with Crippen LogP contribution in [-0.2, 0) is 5.41 Å². The zero-order chi connectivity index (χ0) is 30.5. The van der Waals surface area contributed by atoms with Crippen molar-refractivity contribution in [3.8, 4) is 33.4 Å². The van der Waals surface area contributed by atoms with Gasteiger partial charge in [-0.1, -0.05) is 141 Å². The summed E-state index contributed by atoms with van der Waals surface area (Å²) in [5, 5.41) is 2.25. The highest BCUT2D eigenvalue weighted by Gasteiger charge is 2.35. The average Bonchev–Trinajstić information content (AvgIpc) is 3.32. The third-order valence-corrected chi connectivity index (χ3v) is 9.45. The van der Waals surface area contributed by atoms with Gasteiger partial charge in [0.2, 0.25) is 0 Å². The minimum absolute atomic E-state index is 0.0785. The number of hydrogen-bond donors (Lipinski definition) is 0. The summed E-state index contributed by atoms with van der Waals surface area (Å²) in [7, 11) is 6.32. The molecule has 2 heteroatoms. The van der Waals surface area contributed by atoms with Gasteiger partial charge in [0.15, 0.2) is 0 Å². The predicted octanol–water partition coefficient (Wildman–Crippen LogP) is 10.7. The molecule has 7 aromatic rings. The fraction of sp³-hybridized carbons (Fsp3) is 0.0698. The number of nitrogens with zero attached hydrogens (tertiary/aromatic N) is 1. The van der Waals surface area contributed by atoms with Gasteiger partial charge >= 0.3 is 0 Å². The van der Waals surface area contributed by atoms with Crippen molar-refractivity contribution in [2.75, 3.05) is 4.90 Å². The quantitative estimate of drug-likeness (QED) is 0.185. The molecule has 2 radical (unpaired) electrons. The number of anilines is 3. The van der Waals surface area contributed by atoms with E-state index < -0.39 is 0 Å². The molecule has 212 valence electrons. The van der Waals surface area contributed by atoms with E-state index in [0.29, 0.717) is 0 Å². The molecule has 45 heavy (non-hydrogen) atoms.